The van der Waals surface area contributed by atoms with E-state index >= 15 is 0 Å². The maximum Gasteiger partial charge on any atom is 0.124 e. The van der Waals surface area contributed by atoms with E-state index in [1.807, 2.05) is 18.2 Å². The molecule has 0 unspecified atom stereocenters. The smallest absolute Gasteiger partial charge is 0.124 e. The number of nitrogens with one attached hydrogen (secondary N) is 1. The van der Waals surface area contributed by atoms with E-state index in [1.165, 1.54) is 6.42 Å². The van der Waals surface area contributed by atoms with Crippen LogP contribution in [0.4, 0.5) is 5.69 Å². The van der Waals surface area contributed by atoms with Gasteiger partial charge in [-0.05, 0) is 24.6 Å². The Morgan fingerprint density at radius 2 is 2.14 bits per heavy atom. The van der Waals surface area contributed by atoms with Crippen molar-refractivity contribution in [3.8, 4) is 0 Å². The molecule has 0 bridgehead atoms. The van der Waals surface area contributed by atoms with Crippen molar-refractivity contribution in [3.05, 3.63) is 28.2 Å². The Balaban J connectivity index is 2.41. The van der Waals surface area contributed by atoms with E-state index in [4.69, 9.17) is 11.1 Å². The van der Waals surface area contributed by atoms with Crippen molar-refractivity contribution < 1.29 is 0 Å². The molecule has 0 aromatic heterocycles. The van der Waals surface area contributed by atoms with Gasteiger partial charge in [0.2, 0.25) is 0 Å². The third kappa shape index (κ3) is 1.62. The van der Waals surface area contributed by atoms with Crippen LogP contribution in [-0.2, 0) is 0 Å². The van der Waals surface area contributed by atoms with Crippen molar-refractivity contribution in [3.63, 3.8) is 0 Å². The van der Waals surface area contributed by atoms with Crippen LogP contribution in [0.1, 0.15) is 12.0 Å². The van der Waals surface area contributed by atoms with Crippen molar-refractivity contribution in [2.24, 2.45) is 5.73 Å². The van der Waals surface area contributed by atoms with Crippen LogP contribution in [0.5, 0.6) is 0 Å². The van der Waals surface area contributed by atoms with Crippen molar-refractivity contribution in [1.29, 1.82) is 5.41 Å². The molecule has 1 fully saturated rings. The Labute approximate surface area is 91.5 Å². The minimum atomic E-state index is 0.133. The first-order chi connectivity index (χ1) is 6.68. The zero-order valence-electron chi connectivity index (χ0n) is 7.76. The monoisotopic (exact) mass is 253 g/mol. The molecule has 0 amide bonds. The molecule has 3 N–H and O–H groups in total. The molecule has 2 rings (SSSR count). The Hall–Kier alpha value is -1.03. The molecule has 1 aromatic rings. The average Bonchev–Trinajstić information content (AvgIpc) is 2.04. The topological polar surface area (TPSA) is 53.1 Å². The summed E-state index contributed by atoms with van der Waals surface area (Å²) in [5.74, 6) is 0.133. The summed E-state index contributed by atoms with van der Waals surface area (Å²) in [6, 6.07) is 5.90. The van der Waals surface area contributed by atoms with Crippen LogP contribution >= 0.6 is 15.9 Å². The van der Waals surface area contributed by atoms with Crippen molar-refractivity contribution >= 4 is 27.5 Å². The maximum absolute atomic E-state index is 7.50. The van der Waals surface area contributed by atoms with Crippen molar-refractivity contribution in [2.75, 3.05) is 18.0 Å². The second kappa shape index (κ2) is 3.61. The quantitative estimate of drug-likeness (QED) is 0.626. The highest BCUT2D eigenvalue weighted by atomic mass is 79.9. The Morgan fingerprint density at radius 1 is 1.43 bits per heavy atom. The number of nitrogen functional groups attached to an aromatic ring is 1. The first-order valence-corrected chi connectivity index (χ1v) is 5.36. The van der Waals surface area contributed by atoms with Gasteiger partial charge in [0.25, 0.3) is 0 Å². The third-order valence-electron chi connectivity index (χ3n) is 2.45. The molecular formula is C10H12BrN3. The highest BCUT2D eigenvalue weighted by molar-refractivity contribution is 9.10. The summed E-state index contributed by atoms with van der Waals surface area (Å²) in [4.78, 5) is 2.24. The average molecular weight is 254 g/mol. The molecule has 1 aromatic carbocycles. The molecule has 1 heterocycles. The van der Waals surface area contributed by atoms with Gasteiger partial charge >= 0.3 is 0 Å². The summed E-state index contributed by atoms with van der Waals surface area (Å²) >= 11 is 3.38. The number of nitrogens with two attached hydrogens (primary N) is 1. The molecule has 0 aliphatic carbocycles. The van der Waals surface area contributed by atoms with Gasteiger partial charge < -0.3 is 10.6 Å². The number of hydrogen-bond acceptors (Lipinski definition) is 2. The van der Waals surface area contributed by atoms with E-state index < -0.39 is 0 Å². The molecule has 14 heavy (non-hydrogen) atoms. The standard InChI is InChI=1S/C10H12BrN3/c11-7-2-3-9(14-4-1-5-14)8(6-7)10(12)13/h2-3,6H,1,4-5H2,(H3,12,13). The zero-order valence-corrected chi connectivity index (χ0v) is 9.34. The molecule has 3 nitrogen and oxygen atoms in total. The van der Waals surface area contributed by atoms with E-state index in [1.54, 1.807) is 0 Å². The lowest BCUT2D eigenvalue weighted by molar-refractivity contribution is 0.617. The predicted molar refractivity (Wildman–Crippen MR) is 62.0 cm³/mol. The summed E-state index contributed by atoms with van der Waals surface area (Å²) in [5, 5.41) is 7.50. The van der Waals surface area contributed by atoms with Gasteiger partial charge in [-0.25, -0.2) is 0 Å². The number of hydrogen-bond donors (Lipinski definition) is 2. The molecule has 0 saturated carbocycles. The minimum absolute atomic E-state index is 0.133. The lowest BCUT2D eigenvalue weighted by Gasteiger charge is -2.34. The van der Waals surface area contributed by atoms with Crippen LogP contribution in [0.15, 0.2) is 22.7 Å². The van der Waals surface area contributed by atoms with Gasteiger partial charge in [0.15, 0.2) is 0 Å². The summed E-state index contributed by atoms with van der Waals surface area (Å²) in [5.41, 5.74) is 7.43. The molecule has 1 aliphatic rings. The molecule has 0 spiro atoms. The first kappa shape index (κ1) is 9.52. The summed E-state index contributed by atoms with van der Waals surface area (Å²) in [6.45, 7) is 2.14. The molecule has 4 heteroatoms. The highest BCUT2D eigenvalue weighted by Crippen LogP contribution is 2.27. The highest BCUT2D eigenvalue weighted by Gasteiger charge is 2.18. The molecule has 1 aliphatic heterocycles. The minimum Gasteiger partial charge on any atom is -0.384 e. The lowest BCUT2D eigenvalue weighted by Crippen LogP contribution is -2.38. The first-order valence-electron chi connectivity index (χ1n) is 4.57. The fourth-order valence-corrected chi connectivity index (χ4v) is 1.92. The van der Waals surface area contributed by atoms with Crippen LogP contribution in [0.2, 0.25) is 0 Å². The Bertz CT molecular complexity index is 372. The lowest BCUT2D eigenvalue weighted by atomic mass is 10.1. The fraction of sp³-hybridized carbons (Fsp3) is 0.300. The van der Waals surface area contributed by atoms with Crippen LogP contribution in [0.25, 0.3) is 0 Å². The molecule has 1 saturated heterocycles. The van der Waals surface area contributed by atoms with Gasteiger partial charge in [0.05, 0.1) is 0 Å². The van der Waals surface area contributed by atoms with Crippen LogP contribution in [-0.4, -0.2) is 18.9 Å². The zero-order chi connectivity index (χ0) is 10.1. The van der Waals surface area contributed by atoms with Gasteiger partial charge in [-0.3, -0.25) is 5.41 Å². The van der Waals surface area contributed by atoms with Crippen LogP contribution in [0.3, 0.4) is 0 Å². The summed E-state index contributed by atoms with van der Waals surface area (Å²) in [7, 11) is 0. The Kier molecular flexibility index (Phi) is 2.46. The van der Waals surface area contributed by atoms with E-state index in [2.05, 4.69) is 20.8 Å². The van der Waals surface area contributed by atoms with E-state index in [0.29, 0.717) is 0 Å². The van der Waals surface area contributed by atoms with Gasteiger partial charge in [-0.15, -0.1) is 0 Å². The number of amidine groups is 1. The predicted octanol–water partition coefficient (Wildman–Crippen LogP) is 1.94. The van der Waals surface area contributed by atoms with Crippen molar-refractivity contribution in [2.45, 2.75) is 6.42 Å². The van der Waals surface area contributed by atoms with Crippen LogP contribution < -0.4 is 10.6 Å². The third-order valence-corrected chi connectivity index (χ3v) is 2.94. The number of rotatable bonds is 2. The largest absolute Gasteiger partial charge is 0.384 e. The second-order valence-electron chi connectivity index (χ2n) is 3.42. The van der Waals surface area contributed by atoms with Gasteiger partial charge in [-0.1, -0.05) is 15.9 Å². The number of anilines is 1. The summed E-state index contributed by atoms with van der Waals surface area (Å²) in [6.07, 6.45) is 1.23. The molecular weight excluding hydrogens is 242 g/mol. The van der Waals surface area contributed by atoms with Crippen LogP contribution in [0, 0.1) is 5.41 Å². The SMILES string of the molecule is N=C(N)c1cc(Br)ccc1N1CCC1. The van der Waals surface area contributed by atoms with Gasteiger partial charge in [0, 0.05) is 28.8 Å². The fourth-order valence-electron chi connectivity index (χ4n) is 1.56. The van der Waals surface area contributed by atoms with E-state index in [9.17, 15) is 0 Å². The maximum atomic E-state index is 7.50. The summed E-state index contributed by atoms with van der Waals surface area (Å²) < 4.78 is 0.965. The normalized spacial score (nSPS) is 15.1. The van der Waals surface area contributed by atoms with Crippen molar-refractivity contribution in [1.82, 2.24) is 0 Å². The molecule has 0 radical (unpaired) electrons. The number of nitrogens with zero attached hydrogens (tertiary/aromatic N) is 1. The van der Waals surface area contributed by atoms with Gasteiger partial charge in [0.1, 0.15) is 5.84 Å². The second-order valence-corrected chi connectivity index (χ2v) is 4.33. The van der Waals surface area contributed by atoms with E-state index in [-0.39, 0.29) is 5.84 Å². The van der Waals surface area contributed by atoms with Gasteiger partial charge in [-0.2, -0.15) is 0 Å². The Morgan fingerprint density at radius 3 is 2.64 bits per heavy atom. The van der Waals surface area contributed by atoms with E-state index in [0.717, 1.165) is 28.8 Å². The molecule has 0 atom stereocenters. The number of benzene rings is 1. The molecule has 74 valence electrons. The number of halogens is 1.